The van der Waals surface area contributed by atoms with Crippen LogP contribution in [0.25, 0.3) is 10.9 Å². The minimum Gasteiger partial charge on any atom is -0.395 e. The number of hydrogen-bond acceptors (Lipinski definition) is 6. The molecule has 1 amide bonds. The van der Waals surface area contributed by atoms with Gasteiger partial charge in [-0.3, -0.25) is 9.52 Å². The number of sulfonamides is 1. The summed E-state index contributed by atoms with van der Waals surface area (Å²) in [6, 6.07) is 12.2. The number of ether oxygens (including phenoxy) is 1. The van der Waals surface area contributed by atoms with Crippen molar-refractivity contribution in [3.05, 3.63) is 65.4 Å². The highest BCUT2D eigenvalue weighted by Gasteiger charge is 2.25. The molecule has 3 N–H and O–H groups in total. The van der Waals surface area contributed by atoms with E-state index in [0.717, 1.165) is 16.6 Å². The number of piperidine rings is 1. The minimum atomic E-state index is -3.80. The number of carbonyl (C=O) groups excluding carboxylic acids is 1. The molecule has 208 valence electrons. The van der Waals surface area contributed by atoms with Gasteiger partial charge >= 0.3 is 0 Å². The number of benzene rings is 2. The van der Waals surface area contributed by atoms with Crippen molar-refractivity contribution in [2.75, 3.05) is 47.0 Å². The van der Waals surface area contributed by atoms with Crippen LogP contribution in [-0.4, -0.2) is 56.1 Å². The van der Waals surface area contributed by atoms with Crippen LogP contribution in [0.15, 0.2) is 54.1 Å². The number of amides is 1. The molecule has 0 bridgehead atoms. The van der Waals surface area contributed by atoms with Crippen LogP contribution in [0.2, 0.25) is 0 Å². The topological polar surface area (TPSA) is 113 Å². The number of aromatic nitrogens is 1. The van der Waals surface area contributed by atoms with Crippen molar-refractivity contribution >= 4 is 43.9 Å². The maximum atomic E-state index is 13.6. The van der Waals surface area contributed by atoms with Crippen LogP contribution in [0.1, 0.15) is 41.9 Å². The Kier molecular flexibility index (Phi) is 7.61. The van der Waals surface area contributed by atoms with E-state index in [2.05, 4.69) is 14.6 Å². The Labute approximate surface area is 225 Å². The predicted octanol–water partition coefficient (Wildman–Crippen LogP) is 4.47. The molecule has 0 spiro atoms. The highest BCUT2D eigenvalue weighted by Crippen LogP contribution is 2.35. The van der Waals surface area contributed by atoms with Crippen LogP contribution in [-0.2, 0) is 21.3 Å². The highest BCUT2D eigenvalue weighted by molar-refractivity contribution is 7.92. The number of aliphatic hydroxyl groups is 1. The second kappa shape index (κ2) is 10.9. The van der Waals surface area contributed by atoms with Crippen molar-refractivity contribution in [3.63, 3.8) is 0 Å². The molecule has 3 heterocycles. The first kappa shape index (κ1) is 27.1. The summed E-state index contributed by atoms with van der Waals surface area (Å²) in [4.78, 5) is 15.4. The summed E-state index contributed by atoms with van der Waals surface area (Å²) in [5, 5.41) is 12.9. The van der Waals surface area contributed by atoms with Gasteiger partial charge in [-0.1, -0.05) is 6.07 Å². The number of carbonyl (C=O) groups is 1. The van der Waals surface area contributed by atoms with Gasteiger partial charge in [-0.2, -0.15) is 8.78 Å². The van der Waals surface area contributed by atoms with Gasteiger partial charge in [-0.15, -0.1) is 0 Å². The van der Waals surface area contributed by atoms with Gasteiger partial charge in [0.25, 0.3) is 12.0 Å². The Balaban J connectivity index is 1.48. The third-order valence-corrected chi connectivity index (χ3v) is 8.44. The van der Waals surface area contributed by atoms with E-state index in [1.54, 1.807) is 0 Å². The molecule has 1 aromatic heterocycles. The number of rotatable bonds is 7. The van der Waals surface area contributed by atoms with Crippen LogP contribution >= 0.6 is 0 Å². The van der Waals surface area contributed by atoms with E-state index in [1.165, 1.54) is 18.2 Å². The van der Waals surface area contributed by atoms with Crippen LogP contribution < -0.4 is 14.9 Å². The zero-order chi connectivity index (χ0) is 27.7. The molecule has 12 heteroatoms. The van der Waals surface area contributed by atoms with E-state index in [9.17, 15) is 22.0 Å². The summed E-state index contributed by atoms with van der Waals surface area (Å²) in [6.07, 6.45) is -1.48. The third-order valence-electron chi connectivity index (χ3n) is 7.18. The molecule has 1 saturated heterocycles. The minimum absolute atomic E-state index is 0.0735. The lowest BCUT2D eigenvalue weighted by atomic mass is 10.0. The molecule has 2 aliphatic rings. The van der Waals surface area contributed by atoms with Crippen molar-refractivity contribution in [1.82, 2.24) is 4.57 Å². The van der Waals surface area contributed by atoms with Gasteiger partial charge in [-0.25, -0.2) is 8.42 Å². The molecule has 0 saturated carbocycles. The molecule has 1 unspecified atom stereocenters. The molecule has 1 atom stereocenters. The maximum Gasteiger partial charge on any atom is 0.269 e. The van der Waals surface area contributed by atoms with Gasteiger partial charge < -0.3 is 24.6 Å². The lowest BCUT2D eigenvalue weighted by molar-refractivity contribution is 0.0341. The van der Waals surface area contributed by atoms with Crippen molar-refractivity contribution in [1.29, 1.82) is 0 Å². The quantitative estimate of drug-likeness (QED) is 0.393. The van der Waals surface area contributed by atoms with Gasteiger partial charge in [0.05, 0.1) is 53.2 Å². The monoisotopic (exact) mass is 560 g/mol. The first-order valence-corrected chi connectivity index (χ1v) is 14.4. The molecule has 1 fully saturated rings. The molecule has 39 heavy (non-hydrogen) atoms. The van der Waals surface area contributed by atoms with Gasteiger partial charge in [-0.05, 0) is 61.7 Å². The molecule has 0 radical (unpaired) electrons. The number of nitrogens with zero attached hydrogens (tertiary/aromatic N) is 2. The van der Waals surface area contributed by atoms with Gasteiger partial charge in [0.2, 0.25) is 10.0 Å². The Morgan fingerprint density at radius 2 is 1.90 bits per heavy atom. The van der Waals surface area contributed by atoms with Gasteiger partial charge in [0.1, 0.15) is 0 Å². The van der Waals surface area contributed by atoms with Gasteiger partial charge in [0.15, 0.2) is 0 Å². The summed E-state index contributed by atoms with van der Waals surface area (Å²) in [5.41, 5.74) is 3.63. The van der Waals surface area contributed by atoms with Crippen molar-refractivity contribution in [3.8, 4) is 0 Å². The zero-order valence-corrected chi connectivity index (χ0v) is 22.2. The molecule has 9 nitrogen and oxygen atoms in total. The summed E-state index contributed by atoms with van der Waals surface area (Å²) in [6.45, 7) is 3.25. The lowest BCUT2D eigenvalue weighted by Gasteiger charge is -2.31. The first-order chi connectivity index (χ1) is 18.7. The van der Waals surface area contributed by atoms with Crippen LogP contribution in [0.3, 0.4) is 0 Å². The molecular formula is C27H30F2N4O5S. The summed E-state index contributed by atoms with van der Waals surface area (Å²) >= 11 is 0. The molecule has 0 aliphatic carbocycles. The molecule has 2 aromatic carbocycles. The average Bonchev–Trinajstić information content (AvgIpc) is 3.29. The number of fused-ring (bicyclic) bond motifs is 3. The normalized spacial score (nSPS) is 17.7. The SMILES string of the molecule is CC1OCCn2c1cc1c(NC(=O)c3ccc(NS(=O)(=O)CCO)cc3N3CCC(=C(F)F)CC3)cccc12. The Morgan fingerprint density at radius 3 is 2.62 bits per heavy atom. The van der Waals surface area contributed by atoms with Crippen molar-refractivity contribution in [2.45, 2.75) is 32.4 Å². The Morgan fingerprint density at radius 1 is 1.13 bits per heavy atom. The third kappa shape index (κ3) is 5.63. The largest absolute Gasteiger partial charge is 0.395 e. The van der Waals surface area contributed by atoms with Crippen molar-refractivity contribution in [2.24, 2.45) is 0 Å². The Bertz CT molecular complexity index is 1540. The fourth-order valence-corrected chi connectivity index (χ4v) is 6.03. The van der Waals surface area contributed by atoms with Gasteiger partial charge in [0, 0.05) is 30.7 Å². The smallest absolute Gasteiger partial charge is 0.269 e. The number of hydrogen-bond donors (Lipinski definition) is 3. The van der Waals surface area contributed by atoms with Crippen LogP contribution in [0.5, 0.6) is 0 Å². The molecule has 3 aromatic rings. The van der Waals surface area contributed by atoms with E-state index >= 15 is 0 Å². The zero-order valence-electron chi connectivity index (χ0n) is 21.4. The number of anilines is 3. The maximum absolute atomic E-state index is 13.6. The standard InChI is InChI=1S/C27H30F2N4O5S/c1-17-24-16-21-22(3-2-4-23(21)33(24)11-13-38-17)30-27(35)20-6-5-19(31-39(36,37)14-12-34)15-25(20)32-9-7-18(8-10-32)26(28)29/h2-6,15-17,31,34H,7-14H2,1H3,(H,30,35). The summed E-state index contributed by atoms with van der Waals surface area (Å²) < 4.78 is 61.1. The second-order valence-electron chi connectivity index (χ2n) is 9.65. The summed E-state index contributed by atoms with van der Waals surface area (Å²) in [5.74, 6) is -0.887. The molecule has 5 rings (SSSR count). The first-order valence-electron chi connectivity index (χ1n) is 12.8. The van der Waals surface area contributed by atoms with E-state index in [1.807, 2.05) is 36.1 Å². The number of aliphatic hydroxyl groups excluding tert-OH is 1. The van der Waals surface area contributed by atoms with E-state index < -0.39 is 34.4 Å². The van der Waals surface area contributed by atoms with E-state index in [-0.39, 0.29) is 48.9 Å². The highest BCUT2D eigenvalue weighted by atomic mass is 32.2. The molecule has 2 aliphatic heterocycles. The number of halogens is 2. The van der Waals surface area contributed by atoms with E-state index in [4.69, 9.17) is 9.84 Å². The van der Waals surface area contributed by atoms with E-state index in [0.29, 0.717) is 24.5 Å². The van der Waals surface area contributed by atoms with Crippen LogP contribution in [0.4, 0.5) is 25.8 Å². The molecular weight excluding hydrogens is 530 g/mol. The predicted molar refractivity (Wildman–Crippen MR) is 146 cm³/mol. The average molecular weight is 561 g/mol. The lowest BCUT2D eigenvalue weighted by Crippen LogP contribution is -2.32. The number of nitrogens with one attached hydrogen (secondary N) is 2. The van der Waals surface area contributed by atoms with Crippen molar-refractivity contribution < 1.29 is 31.8 Å². The summed E-state index contributed by atoms with van der Waals surface area (Å²) in [7, 11) is -3.80. The Hall–Kier alpha value is -3.48. The fourth-order valence-electron chi connectivity index (χ4n) is 5.20. The fraction of sp³-hybridized carbons (Fsp3) is 0.370. The second-order valence-corrected chi connectivity index (χ2v) is 11.5. The van der Waals surface area contributed by atoms with Crippen LogP contribution in [0, 0.1) is 0 Å².